The van der Waals surface area contributed by atoms with Gasteiger partial charge in [-0.3, -0.25) is 0 Å². The Hall–Kier alpha value is -1.10. The zero-order chi connectivity index (χ0) is 9.84. The van der Waals surface area contributed by atoms with Gasteiger partial charge in [-0.15, -0.1) is 11.3 Å². The Labute approximate surface area is 81.7 Å². The third-order valence-electron chi connectivity index (χ3n) is 1.62. The quantitative estimate of drug-likeness (QED) is 0.562. The molecule has 4 N–H and O–H groups in total. The first-order chi connectivity index (χ1) is 6.13. The van der Waals surface area contributed by atoms with E-state index in [0.717, 1.165) is 11.4 Å². The third-order valence-corrected chi connectivity index (χ3v) is 2.93. The number of aryl methyl sites for hydroxylation is 1. The van der Waals surface area contributed by atoms with Crippen molar-refractivity contribution in [1.29, 1.82) is 0 Å². The summed E-state index contributed by atoms with van der Waals surface area (Å²) in [5, 5.41) is 0.963. The predicted octanol–water partition coefficient (Wildman–Crippen LogP) is 1.04. The van der Waals surface area contributed by atoms with Crippen LogP contribution in [0, 0.1) is 0 Å². The lowest BCUT2D eigenvalue weighted by molar-refractivity contribution is 0.804. The highest BCUT2D eigenvalue weighted by molar-refractivity contribution is 7.11. The van der Waals surface area contributed by atoms with E-state index in [1.54, 1.807) is 11.3 Å². The molecule has 0 saturated heterocycles. The van der Waals surface area contributed by atoms with Crippen LogP contribution in [0.25, 0.3) is 0 Å². The van der Waals surface area contributed by atoms with Crippen molar-refractivity contribution in [3.8, 4) is 0 Å². The van der Waals surface area contributed by atoms with Crippen LogP contribution in [0.15, 0.2) is 11.2 Å². The zero-order valence-electron chi connectivity index (χ0n) is 7.82. The molecule has 5 heteroatoms. The number of hydrogen-bond acceptors (Lipinski definition) is 3. The topological polar surface area (TPSA) is 77.3 Å². The van der Waals surface area contributed by atoms with E-state index >= 15 is 0 Å². The molecule has 13 heavy (non-hydrogen) atoms. The van der Waals surface area contributed by atoms with E-state index in [2.05, 4.69) is 16.9 Å². The third kappa shape index (κ3) is 2.69. The largest absolute Gasteiger partial charge is 0.370 e. The molecule has 0 saturated carbocycles. The summed E-state index contributed by atoms with van der Waals surface area (Å²) in [6.45, 7) is 4.03. The van der Waals surface area contributed by atoms with Crippen molar-refractivity contribution in [1.82, 2.24) is 4.98 Å². The minimum absolute atomic E-state index is 0.0321. The first kappa shape index (κ1) is 9.98. The van der Waals surface area contributed by atoms with Gasteiger partial charge in [-0.25, -0.2) is 9.98 Å². The van der Waals surface area contributed by atoms with Crippen LogP contribution in [0.5, 0.6) is 0 Å². The van der Waals surface area contributed by atoms with E-state index in [0.29, 0.717) is 0 Å². The van der Waals surface area contributed by atoms with E-state index in [-0.39, 0.29) is 12.0 Å². The van der Waals surface area contributed by atoms with E-state index in [4.69, 9.17) is 11.5 Å². The number of aromatic nitrogens is 1. The maximum atomic E-state index is 5.27. The van der Waals surface area contributed by atoms with Gasteiger partial charge in [0.2, 0.25) is 0 Å². The highest BCUT2D eigenvalue weighted by Gasteiger charge is 2.08. The Kier molecular flexibility index (Phi) is 3.25. The normalized spacial score (nSPS) is 12.5. The number of nitrogens with two attached hydrogens (primary N) is 2. The molecule has 72 valence electrons. The molecule has 4 nitrogen and oxygen atoms in total. The SMILES string of the molecule is CCc1cnc(C(C)N=C(N)N)s1. The summed E-state index contributed by atoms with van der Waals surface area (Å²) < 4.78 is 0. The Balaban J connectivity index is 2.77. The van der Waals surface area contributed by atoms with Crippen molar-refractivity contribution in [2.45, 2.75) is 26.3 Å². The van der Waals surface area contributed by atoms with Gasteiger partial charge < -0.3 is 11.5 Å². The molecule has 0 aliphatic heterocycles. The molecule has 0 aliphatic rings. The van der Waals surface area contributed by atoms with Crippen molar-refractivity contribution in [2.75, 3.05) is 0 Å². The van der Waals surface area contributed by atoms with E-state index in [1.165, 1.54) is 4.88 Å². The van der Waals surface area contributed by atoms with Gasteiger partial charge in [0.25, 0.3) is 0 Å². The zero-order valence-corrected chi connectivity index (χ0v) is 8.64. The number of rotatable bonds is 3. The monoisotopic (exact) mass is 198 g/mol. The van der Waals surface area contributed by atoms with Crippen molar-refractivity contribution in [3.63, 3.8) is 0 Å². The van der Waals surface area contributed by atoms with Crippen LogP contribution in [-0.4, -0.2) is 10.9 Å². The lowest BCUT2D eigenvalue weighted by atomic mass is 10.4. The fourth-order valence-corrected chi connectivity index (χ4v) is 1.81. The minimum atomic E-state index is -0.0321. The molecule has 0 spiro atoms. The van der Waals surface area contributed by atoms with Crippen molar-refractivity contribution in [2.24, 2.45) is 16.5 Å². The maximum absolute atomic E-state index is 5.27. The Morgan fingerprint density at radius 1 is 1.69 bits per heavy atom. The average Bonchev–Trinajstić information content (AvgIpc) is 2.50. The number of aliphatic imine (C=N–C) groups is 1. The lowest BCUT2D eigenvalue weighted by Gasteiger charge is -2.00. The van der Waals surface area contributed by atoms with Crippen LogP contribution >= 0.6 is 11.3 Å². The smallest absolute Gasteiger partial charge is 0.186 e. The van der Waals surface area contributed by atoms with Crippen LogP contribution in [0.4, 0.5) is 0 Å². The second-order valence-corrected chi connectivity index (χ2v) is 3.90. The van der Waals surface area contributed by atoms with Crippen molar-refractivity contribution < 1.29 is 0 Å². The van der Waals surface area contributed by atoms with E-state index in [1.807, 2.05) is 13.1 Å². The van der Waals surface area contributed by atoms with Crippen LogP contribution in [0.3, 0.4) is 0 Å². The molecule has 0 radical (unpaired) electrons. The lowest BCUT2D eigenvalue weighted by Crippen LogP contribution is -2.23. The van der Waals surface area contributed by atoms with Gasteiger partial charge in [0.05, 0.1) is 0 Å². The van der Waals surface area contributed by atoms with Crippen molar-refractivity contribution in [3.05, 3.63) is 16.1 Å². The Morgan fingerprint density at radius 2 is 2.38 bits per heavy atom. The summed E-state index contributed by atoms with van der Waals surface area (Å²) >= 11 is 1.65. The van der Waals surface area contributed by atoms with Gasteiger partial charge >= 0.3 is 0 Å². The molecule has 1 heterocycles. The van der Waals surface area contributed by atoms with Gasteiger partial charge in [-0.05, 0) is 13.3 Å². The summed E-state index contributed by atoms with van der Waals surface area (Å²) in [6, 6.07) is -0.0321. The second kappa shape index (κ2) is 4.23. The molecule has 1 rings (SSSR count). The van der Waals surface area contributed by atoms with Crippen LogP contribution in [0.2, 0.25) is 0 Å². The predicted molar refractivity (Wildman–Crippen MR) is 55.7 cm³/mol. The fourth-order valence-electron chi connectivity index (χ4n) is 0.958. The highest BCUT2D eigenvalue weighted by atomic mass is 32.1. The molecule has 0 bridgehead atoms. The summed E-state index contributed by atoms with van der Waals surface area (Å²) in [6.07, 6.45) is 2.88. The van der Waals surface area contributed by atoms with Gasteiger partial charge in [0.15, 0.2) is 5.96 Å². The van der Waals surface area contributed by atoms with Crippen LogP contribution < -0.4 is 11.5 Å². The fraction of sp³-hybridized carbons (Fsp3) is 0.500. The first-order valence-corrected chi connectivity index (χ1v) is 4.98. The molecule has 1 atom stereocenters. The summed E-state index contributed by atoms with van der Waals surface area (Å²) in [4.78, 5) is 9.51. The molecule has 0 aromatic carbocycles. The first-order valence-electron chi connectivity index (χ1n) is 4.16. The van der Waals surface area contributed by atoms with Gasteiger partial charge in [-0.2, -0.15) is 0 Å². The highest BCUT2D eigenvalue weighted by Crippen LogP contribution is 2.22. The van der Waals surface area contributed by atoms with Crippen molar-refractivity contribution >= 4 is 17.3 Å². The van der Waals surface area contributed by atoms with Gasteiger partial charge in [0.1, 0.15) is 11.0 Å². The standard InChI is InChI=1S/C8H14N4S/c1-3-6-4-11-7(13-6)5(2)12-8(9)10/h4-5H,3H2,1-2H3,(H4,9,10,12). The summed E-state index contributed by atoms with van der Waals surface area (Å²) in [5.41, 5.74) is 10.5. The summed E-state index contributed by atoms with van der Waals surface area (Å²) in [5.74, 6) is 0.112. The number of guanidine groups is 1. The molecule has 1 unspecified atom stereocenters. The summed E-state index contributed by atoms with van der Waals surface area (Å²) in [7, 11) is 0. The van der Waals surface area contributed by atoms with Crippen LogP contribution in [0.1, 0.15) is 29.8 Å². The second-order valence-electron chi connectivity index (χ2n) is 2.75. The van der Waals surface area contributed by atoms with Gasteiger partial charge in [-0.1, -0.05) is 6.92 Å². The number of hydrogen-bond donors (Lipinski definition) is 2. The minimum Gasteiger partial charge on any atom is -0.370 e. The van der Waals surface area contributed by atoms with E-state index in [9.17, 15) is 0 Å². The molecular formula is C8H14N4S. The Morgan fingerprint density at radius 3 is 2.85 bits per heavy atom. The maximum Gasteiger partial charge on any atom is 0.186 e. The molecule has 0 fully saturated rings. The molecule has 0 amide bonds. The molecule has 1 aromatic rings. The van der Waals surface area contributed by atoms with E-state index < -0.39 is 0 Å². The number of thiazole rings is 1. The molecular weight excluding hydrogens is 184 g/mol. The molecule has 0 aliphatic carbocycles. The Bertz CT molecular complexity index is 301. The molecule has 1 aromatic heterocycles. The average molecular weight is 198 g/mol. The number of nitrogens with zero attached hydrogens (tertiary/aromatic N) is 2. The van der Waals surface area contributed by atoms with Crippen LogP contribution in [-0.2, 0) is 6.42 Å². The van der Waals surface area contributed by atoms with Gasteiger partial charge in [0, 0.05) is 11.1 Å².